The topological polar surface area (TPSA) is 77.9 Å². The van der Waals surface area contributed by atoms with Crippen LogP contribution in [0.2, 0.25) is 0 Å². The van der Waals surface area contributed by atoms with Gasteiger partial charge in [-0.15, -0.1) is 0 Å². The zero-order valence-electron chi connectivity index (χ0n) is 19.9. The van der Waals surface area contributed by atoms with E-state index in [1.165, 1.54) is 19.3 Å². The van der Waals surface area contributed by atoms with Gasteiger partial charge in [0.25, 0.3) is 0 Å². The summed E-state index contributed by atoms with van der Waals surface area (Å²) in [5, 5.41) is 10.0. The smallest absolute Gasteiger partial charge is 0.321 e. The standard InChI is InChI=1S/C21H28N4O2.C3H6.CH4O/c1-4-24(5-2)21(26)23-18-7-6-16(3)19(15-18)17-8-9-22-20(14-17)25-10-12-27-13-11-25;1-2-3-1;1-2/h6-9,14-15H,4-5,10-13H2,1-3H3,(H,23,26);1-3H2;2H,1H3. The zero-order valence-corrected chi connectivity index (χ0v) is 19.9. The number of nitrogens with zero attached hydrogens (tertiary/aromatic N) is 3. The molecule has 0 atom stereocenters. The Morgan fingerprint density at radius 3 is 2.34 bits per heavy atom. The van der Waals surface area contributed by atoms with Crippen LogP contribution in [0, 0.1) is 6.92 Å². The molecule has 2 aromatic rings. The molecule has 2 aliphatic rings. The molecule has 1 saturated heterocycles. The number of pyridine rings is 1. The Bertz CT molecular complexity index is 829. The third kappa shape index (κ3) is 7.80. The predicted octanol–water partition coefficient (Wildman–Crippen LogP) is 4.55. The Morgan fingerprint density at radius 2 is 1.75 bits per heavy atom. The Morgan fingerprint density at radius 1 is 1.09 bits per heavy atom. The van der Waals surface area contributed by atoms with E-state index in [0.29, 0.717) is 13.1 Å². The predicted molar refractivity (Wildman–Crippen MR) is 131 cm³/mol. The maximum absolute atomic E-state index is 12.4. The monoisotopic (exact) mass is 442 g/mol. The molecule has 0 radical (unpaired) electrons. The number of hydrogen-bond donors (Lipinski definition) is 2. The van der Waals surface area contributed by atoms with Gasteiger partial charge in [0.1, 0.15) is 5.82 Å². The molecule has 2 heterocycles. The summed E-state index contributed by atoms with van der Waals surface area (Å²) in [4.78, 5) is 20.9. The summed E-state index contributed by atoms with van der Waals surface area (Å²) < 4.78 is 5.43. The van der Waals surface area contributed by atoms with Crippen molar-refractivity contribution >= 4 is 17.5 Å². The Kier molecular flexibility index (Phi) is 11.0. The molecule has 2 N–H and O–H groups in total. The summed E-state index contributed by atoms with van der Waals surface area (Å²) in [6.45, 7) is 10.6. The molecule has 7 nitrogen and oxygen atoms in total. The highest BCUT2D eigenvalue weighted by atomic mass is 16.5. The van der Waals surface area contributed by atoms with E-state index < -0.39 is 0 Å². The third-order valence-electron chi connectivity index (χ3n) is 5.28. The first-order valence-electron chi connectivity index (χ1n) is 11.5. The second kappa shape index (κ2) is 13.7. The first kappa shape index (κ1) is 25.6. The van der Waals surface area contributed by atoms with Crippen LogP contribution in [-0.4, -0.2) is 67.5 Å². The molecule has 176 valence electrons. The van der Waals surface area contributed by atoms with Crippen molar-refractivity contribution in [1.82, 2.24) is 9.88 Å². The summed E-state index contributed by atoms with van der Waals surface area (Å²) in [6.07, 6.45) is 6.35. The number of nitrogens with one attached hydrogen (secondary N) is 1. The van der Waals surface area contributed by atoms with Gasteiger partial charge in [-0.25, -0.2) is 9.78 Å². The van der Waals surface area contributed by atoms with E-state index in [1.807, 2.05) is 44.3 Å². The lowest BCUT2D eigenvalue weighted by Gasteiger charge is -2.28. The van der Waals surface area contributed by atoms with Crippen LogP contribution in [0.15, 0.2) is 36.5 Å². The minimum absolute atomic E-state index is 0.0708. The average Bonchev–Trinajstić information content (AvgIpc) is 3.73. The molecule has 1 aliphatic carbocycles. The number of benzene rings is 1. The van der Waals surface area contributed by atoms with E-state index in [1.54, 1.807) is 4.90 Å². The second-order valence-electron chi connectivity index (χ2n) is 7.69. The summed E-state index contributed by atoms with van der Waals surface area (Å²) in [7, 11) is 1.00. The molecule has 2 fully saturated rings. The van der Waals surface area contributed by atoms with Crippen LogP contribution >= 0.6 is 0 Å². The van der Waals surface area contributed by atoms with Gasteiger partial charge in [-0.1, -0.05) is 25.3 Å². The Hall–Kier alpha value is -2.64. The van der Waals surface area contributed by atoms with Crippen molar-refractivity contribution in [2.45, 2.75) is 40.0 Å². The third-order valence-corrected chi connectivity index (χ3v) is 5.28. The number of morpholine rings is 1. The summed E-state index contributed by atoms with van der Waals surface area (Å²) in [6, 6.07) is 10.1. The van der Waals surface area contributed by atoms with Gasteiger partial charge < -0.3 is 25.0 Å². The van der Waals surface area contributed by atoms with Gasteiger partial charge in [-0.2, -0.15) is 0 Å². The van der Waals surface area contributed by atoms with Crippen molar-refractivity contribution in [3.05, 3.63) is 42.1 Å². The summed E-state index contributed by atoms with van der Waals surface area (Å²) >= 11 is 0. The lowest BCUT2D eigenvalue weighted by molar-refractivity contribution is 0.122. The highest BCUT2D eigenvalue weighted by Crippen LogP contribution is 2.29. The fraction of sp³-hybridized carbons (Fsp3) is 0.520. The van der Waals surface area contributed by atoms with Crippen LogP contribution in [0.1, 0.15) is 38.7 Å². The Labute approximate surface area is 192 Å². The molecule has 32 heavy (non-hydrogen) atoms. The quantitative estimate of drug-likeness (QED) is 0.710. The average molecular weight is 443 g/mol. The van der Waals surface area contributed by atoms with Crippen LogP contribution in [0.5, 0.6) is 0 Å². The highest BCUT2D eigenvalue weighted by molar-refractivity contribution is 5.90. The van der Waals surface area contributed by atoms with E-state index >= 15 is 0 Å². The number of anilines is 2. The lowest BCUT2D eigenvalue weighted by Crippen LogP contribution is -2.36. The van der Waals surface area contributed by atoms with Crippen molar-refractivity contribution in [2.24, 2.45) is 0 Å². The number of aliphatic hydroxyl groups is 1. The fourth-order valence-electron chi connectivity index (χ4n) is 3.28. The number of carbonyl (C=O) groups excluding carboxylic acids is 1. The molecule has 0 unspecified atom stereocenters. The summed E-state index contributed by atoms with van der Waals surface area (Å²) in [5.41, 5.74) is 4.17. The molecule has 1 aromatic heterocycles. The maximum atomic E-state index is 12.4. The lowest BCUT2D eigenvalue weighted by atomic mass is 10.0. The van der Waals surface area contributed by atoms with Crippen LogP contribution in [-0.2, 0) is 4.74 Å². The van der Waals surface area contributed by atoms with E-state index in [-0.39, 0.29) is 6.03 Å². The number of aliphatic hydroxyl groups excluding tert-OH is 1. The molecule has 7 heteroatoms. The van der Waals surface area contributed by atoms with Crippen molar-refractivity contribution in [2.75, 3.05) is 56.7 Å². The Balaban J connectivity index is 0.000000653. The van der Waals surface area contributed by atoms with Gasteiger partial charge in [-0.05, 0) is 61.7 Å². The first-order valence-corrected chi connectivity index (χ1v) is 11.5. The number of ether oxygens (including phenoxy) is 1. The summed E-state index contributed by atoms with van der Waals surface area (Å²) in [5.74, 6) is 0.966. The van der Waals surface area contributed by atoms with Crippen LogP contribution in [0.25, 0.3) is 11.1 Å². The molecular formula is C25H38N4O3. The number of carbonyl (C=O) groups is 1. The molecule has 0 bridgehead atoms. The van der Waals surface area contributed by atoms with Gasteiger partial charge in [0, 0.05) is 45.2 Å². The molecule has 0 spiro atoms. The zero-order chi connectivity index (χ0) is 23.3. The minimum atomic E-state index is -0.0708. The van der Waals surface area contributed by atoms with Crippen LogP contribution < -0.4 is 10.2 Å². The maximum Gasteiger partial charge on any atom is 0.321 e. The van der Waals surface area contributed by atoms with Gasteiger partial charge in [-0.3, -0.25) is 0 Å². The van der Waals surface area contributed by atoms with E-state index in [9.17, 15) is 4.79 Å². The molecule has 1 aromatic carbocycles. The van der Waals surface area contributed by atoms with E-state index in [0.717, 1.165) is 61.6 Å². The van der Waals surface area contributed by atoms with Crippen molar-refractivity contribution in [1.29, 1.82) is 0 Å². The van der Waals surface area contributed by atoms with Crippen LogP contribution in [0.3, 0.4) is 0 Å². The number of aromatic nitrogens is 1. The largest absolute Gasteiger partial charge is 0.400 e. The molecule has 4 rings (SSSR count). The molecule has 2 amide bonds. The van der Waals surface area contributed by atoms with Crippen molar-refractivity contribution in [3.8, 4) is 11.1 Å². The number of hydrogen-bond acceptors (Lipinski definition) is 5. The van der Waals surface area contributed by atoms with Crippen molar-refractivity contribution in [3.63, 3.8) is 0 Å². The molecule has 1 aliphatic heterocycles. The van der Waals surface area contributed by atoms with Gasteiger partial charge in [0.05, 0.1) is 13.2 Å². The molecule has 1 saturated carbocycles. The van der Waals surface area contributed by atoms with E-state index in [2.05, 4.69) is 28.2 Å². The first-order chi connectivity index (χ1) is 15.6. The van der Waals surface area contributed by atoms with Gasteiger partial charge >= 0.3 is 6.03 Å². The van der Waals surface area contributed by atoms with Crippen LogP contribution in [0.4, 0.5) is 16.3 Å². The molecular weight excluding hydrogens is 404 g/mol. The van der Waals surface area contributed by atoms with Crippen molar-refractivity contribution < 1.29 is 14.6 Å². The number of aryl methyl sites for hydroxylation is 1. The van der Waals surface area contributed by atoms with Gasteiger partial charge in [0.2, 0.25) is 0 Å². The minimum Gasteiger partial charge on any atom is -0.400 e. The highest BCUT2D eigenvalue weighted by Gasteiger charge is 2.14. The normalized spacial score (nSPS) is 14.3. The van der Waals surface area contributed by atoms with E-state index in [4.69, 9.17) is 9.84 Å². The fourth-order valence-corrected chi connectivity index (χ4v) is 3.28. The number of amides is 2. The number of urea groups is 1. The second-order valence-corrected chi connectivity index (χ2v) is 7.69. The number of rotatable bonds is 5. The van der Waals surface area contributed by atoms with Gasteiger partial charge in [0.15, 0.2) is 0 Å². The SMILES string of the molecule is C1CC1.CCN(CC)C(=O)Nc1ccc(C)c(-c2ccnc(N3CCOCC3)c2)c1.CO.